The van der Waals surface area contributed by atoms with Gasteiger partial charge in [0.15, 0.2) is 11.5 Å². The van der Waals surface area contributed by atoms with Crippen molar-refractivity contribution in [3.63, 3.8) is 0 Å². The van der Waals surface area contributed by atoms with Gasteiger partial charge in [-0.05, 0) is 40.3 Å². The first-order chi connectivity index (χ1) is 9.22. The van der Waals surface area contributed by atoms with E-state index in [0.29, 0.717) is 5.65 Å². The predicted octanol–water partition coefficient (Wildman–Crippen LogP) is 1.92. The lowest BCUT2D eigenvalue weighted by molar-refractivity contribution is 0.720. The number of nitrogens with zero attached hydrogens (tertiary/aromatic N) is 6. The summed E-state index contributed by atoms with van der Waals surface area (Å²) in [6, 6.07) is 12.0. The van der Waals surface area contributed by atoms with Crippen molar-refractivity contribution in [1.82, 2.24) is 25.3 Å². The quantitative estimate of drug-likeness (QED) is 0.738. The Morgan fingerprint density at radius 3 is 2.74 bits per heavy atom. The zero-order valence-electron chi connectivity index (χ0n) is 10.2. The van der Waals surface area contributed by atoms with Crippen LogP contribution in [0.25, 0.3) is 5.65 Å². The van der Waals surface area contributed by atoms with E-state index < -0.39 is 0 Å². The maximum Gasteiger partial charge on any atom is 0.200 e. The number of tetrazole rings is 1. The van der Waals surface area contributed by atoms with Gasteiger partial charge in [-0.2, -0.15) is 0 Å². The van der Waals surface area contributed by atoms with Gasteiger partial charge in [-0.1, -0.05) is 28.1 Å². The van der Waals surface area contributed by atoms with Gasteiger partial charge in [-0.25, -0.2) is 0 Å². The van der Waals surface area contributed by atoms with Gasteiger partial charge in [0.25, 0.3) is 0 Å². The lowest BCUT2D eigenvalue weighted by atomic mass is 10.2. The Morgan fingerprint density at radius 1 is 1.16 bits per heavy atom. The monoisotopic (exact) mass is 318 g/mol. The van der Waals surface area contributed by atoms with E-state index in [1.807, 2.05) is 36.2 Å². The fourth-order valence-corrected chi connectivity index (χ4v) is 2.05. The minimum Gasteiger partial charge on any atom is -0.354 e. The average molecular weight is 319 g/mol. The number of aromatic nitrogens is 5. The lowest BCUT2D eigenvalue weighted by Gasteiger charge is -2.17. The Balaban J connectivity index is 1.82. The largest absolute Gasteiger partial charge is 0.354 e. The SMILES string of the molecule is CN(Cc1ccc(Br)cc1)c1ccc2nnnn2n1. The van der Waals surface area contributed by atoms with Crippen LogP contribution < -0.4 is 4.90 Å². The third-order valence-electron chi connectivity index (χ3n) is 2.78. The molecule has 3 aromatic rings. The Hall–Kier alpha value is -2.02. The van der Waals surface area contributed by atoms with Gasteiger partial charge in [0.1, 0.15) is 0 Å². The molecule has 2 aromatic heterocycles. The minimum absolute atomic E-state index is 0.640. The molecule has 0 aliphatic heterocycles. The van der Waals surface area contributed by atoms with Crippen LogP contribution in [-0.4, -0.2) is 32.3 Å². The van der Waals surface area contributed by atoms with Crippen molar-refractivity contribution in [2.24, 2.45) is 0 Å². The van der Waals surface area contributed by atoms with Crippen LogP contribution in [0.4, 0.5) is 5.82 Å². The Bertz CT molecular complexity index is 693. The smallest absolute Gasteiger partial charge is 0.200 e. The molecular formula is C12H11BrN6. The molecule has 0 aliphatic rings. The topological polar surface area (TPSA) is 59.2 Å². The number of fused-ring (bicyclic) bond motifs is 1. The summed E-state index contributed by atoms with van der Waals surface area (Å²) in [5.41, 5.74) is 1.85. The van der Waals surface area contributed by atoms with Crippen molar-refractivity contribution in [3.05, 3.63) is 46.4 Å². The molecule has 0 N–H and O–H groups in total. The highest BCUT2D eigenvalue weighted by Gasteiger charge is 2.06. The summed E-state index contributed by atoms with van der Waals surface area (Å²) < 4.78 is 2.50. The first kappa shape index (κ1) is 12.0. The zero-order valence-corrected chi connectivity index (χ0v) is 11.8. The third-order valence-corrected chi connectivity index (χ3v) is 3.31. The molecule has 0 spiro atoms. The molecule has 0 bridgehead atoms. The number of benzene rings is 1. The van der Waals surface area contributed by atoms with Gasteiger partial charge in [0, 0.05) is 18.1 Å². The molecule has 0 saturated heterocycles. The summed E-state index contributed by atoms with van der Waals surface area (Å²) in [7, 11) is 1.99. The summed E-state index contributed by atoms with van der Waals surface area (Å²) in [5.74, 6) is 0.822. The molecule has 0 aliphatic carbocycles. The average Bonchev–Trinajstić information content (AvgIpc) is 2.88. The van der Waals surface area contributed by atoms with E-state index in [4.69, 9.17) is 0 Å². The van der Waals surface area contributed by atoms with E-state index in [0.717, 1.165) is 16.8 Å². The molecule has 0 unspecified atom stereocenters. The molecule has 0 atom stereocenters. The highest BCUT2D eigenvalue weighted by atomic mass is 79.9. The molecule has 19 heavy (non-hydrogen) atoms. The third kappa shape index (κ3) is 2.55. The van der Waals surface area contributed by atoms with Gasteiger partial charge in [-0.3, -0.25) is 0 Å². The molecule has 0 fully saturated rings. The van der Waals surface area contributed by atoms with Crippen molar-refractivity contribution in [3.8, 4) is 0 Å². The molecule has 3 rings (SSSR count). The van der Waals surface area contributed by atoms with Gasteiger partial charge < -0.3 is 4.90 Å². The summed E-state index contributed by atoms with van der Waals surface area (Å²) in [6.07, 6.45) is 0. The van der Waals surface area contributed by atoms with Gasteiger partial charge >= 0.3 is 0 Å². The first-order valence-electron chi connectivity index (χ1n) is 5.73. The lowest BCUT2D eigenvalue weighted by Crippen LogP contribution is -2.18. The van der Waals surface area contributed by atoms with Gasteiger partial charge in [0.05, 0.1) is 0 Å². The maximum absolute atomic E-state index is 4.35. The maximum atomic E-state index is 4.35. The molecule has 1 aromatic carbocycles. The number of rotatable bonds is 3. The predicted molar refractivity (Wildman–Crippen MR) is 74.8 cm³/mol. The van der Waals surface area contributed by atoms with E-state index in [2.05, 4.69) is 48.7 Å². The molecular weight excluding hydrogens is 308 g/mol. The zero-order chi connectivity index (χ0) is 13.2. The van der Waals surface area contributed by atoms with Crippen LogP contribution in [0.3, 0.4) is 0 Å². The van der Waals surface area contributed by atoms with Crippen LogP contribution in [0.15, 0.2) is 40.9 Å². The number of hydrogen-bond donors (Lipinski definition) is 0. The van der Waals surface area contributed by atoms with E-state index in [9.17, 15) is 0 Å². The first-order valence-corrected chi connectivity index (χ1v) is 6.53. The molecule has 2 heterocycles. The van der Waals surface area contributed by atoms with Crippen molar-refractivity contribution >= 4 is 27.4 Å². The van der Waals surface area contributed by atoms with Crippen LogP contribution in [0.1, 0.15) is 5.56 Å². The Kier molecular flexibility index (Phi) is 3.12. The second-order valence-corrected chi connectivity index (χ2v) is 5.12. The summed E-state index contributed by atoms with van der Waals surface area (Å²) in [6.45, 7) is 0.772. The molecule has 7 heteroatoms. The standard InChI is InChI=1S/C12H11BrN6/c1-18(8-9-2-4-10(13)5-3-9)12-7-6-11-14-16-17-19(11)15-12/h2-7H,8H2,1H3. The van der Waals surface area contributed by atoms with E-state index in [-0.39, 0.29) is 0 Å². The highest BCUT2D eigenvalue weighted by Crippen LogP contribution is 2.15. The Labute approximate surface area is 118 Å². The van der Waals surface area contributed by atoms with Crippen molar-refractivity contribution in [2.75, 3.05) is 11.9 Å². The Morgan fingerprint density at radius 2 is 1.95 bits per heavy atom. The van der Waals surface area contributed by atoms with E-state index in [1.54, 1.807) is 0 Å². The number of anilines is 1. The van der Waals surface area contributed by atoms with Crippen LogP contribution in [0.5, 0.6) is 0 Å². The van der Waals surface area contributed by atoms with Crippen molar-refractivity contribution in [1.29, 1.82) is 0 Å². The second kappa shape index (κ2) is 4.93. The van der Waals surface area contributed by atoms with Crippen LogP contribution in [0, 0.1) is 0 Å². The highest BCUT2D eigenvalue weighted by molar-refractivity contribution is 9.10. The summed E-state index contributed by atoms with van der Waals surface area (Å²) in [5, 5.41) is 15.5. The number of halogens is 1. The molecule has 96 valence electrons. The second-order valence-electron chi connectivity index (χ2n) is 4.20. The summed E-state index contributed by atoms with van der Waals surface area (Å²) in [4.78, 5) is 2.05. The molecule has 6 nitrogen and oxygen atoms in total. The molecule has 0 amide bonds. The van der Waals surface area contributed by atoms with Crippen LogP contribution in [0.2, 0.25) is 0 Å². The fourth-order valence-electron chi connectivity index (χ4n) is 1.79. The molecule has 0 radical (unpaired) electrons. The van der Waals surface area contributed by atoms with Crippen LogP contribution >= 0.6 is 15.9 Å². The van der Waals surface area contributed by atoms with Crippen molar-refractivity contribution < 1.29 is 0 Å². The fraction of sp³-hybridized carbons (Fsp3) is 0.167. The number of hydrogen-bond acceptors (Lipinski definition) is 5. The van der Waals surface area contributed by atoms with Crippen LogP contribution in [-0.2, 0) is 6.54 Å². The van der Waals surface area contributed by atoms with E-state index in [1.165, 1.54) is 10.2 Å². The van der Waals surface area contributed by atoms with Gasteiger partial charge in [0.2, 0.25) is 0 Å². The van der Waals surface area contributed by atoms with Crippen molar-refractivity contribution in [2.45, 2.75) is 6.54 Å². The van der Waals surface area contributed by atoms with E-state index >= 15 is 0 Å². The van der Waals surface area contributed by atoms with Gasteiger partial charge in [-0.15, -0.1) is 14.8 Å². The summed E-state index contributed by atoms with van der Waals surface area (Å²) >= 11 is 3.43. The molecule has 0 saturated carbocycles. The normalized spacial score (nSPS) is 10.8. The minimum atomic E-state index is 0.640.